The Kier molecular flexibility index (Phi) is 5.08. The first kappa shape index (κ1) is 14.4. The fourth-order valence-corrected chi connectivity index (χ4v) is 1.43. The summed E-state index contributed by atoms with van der Waals surface area (Å²) in [6, 6.07) is 0.627. The molecule has 1 heterocycles. The third kappa shape index (κ3) is 3.43. The quantitative estimate of drug-likeness (QED) is 0.820. The number of hydrogen-bond acceptors (Lipinski definition) is 4. The Morgan fingerprint density at radius 3 is 2.72 bits per heavy atom. The lowest BCUT2D eigenvalue weighted by molar-refractivity contribution is -0.142. The molecule has 0 aliphatic rings. The van der Waals surface area contributed by atoms with E-state index in [0.29, 0.717) is 6.07 Å². The fraction of sp³-hybridized carbons (Fsp3) is 0.455. The van der Waals surface area contributed by atoms with E-state index in [9.17, 15) is 18.0 Å². The van der Waals surface area contributed by atoms with Crippen LogP contribution in [0.2, 0.25) is 0 Å². The molecule has 0 aromatic carbocycles. The van der Waals surface area contributed by atoms with E-state index in [4.69, 9.17) is 5.73 Å². The fourth-order valence-electron chi connectivity index (χ4n) is 1.43. The Balaban J connectivity index is 3.10. The molecule has 0 fully saturated rings. The van der Waals surface area contributed by atoms with Crippen LogP contribution in [0.1, 0.15) is 30.3 Å². The number of ether oxygens (including phenoxy) is 1. The van der Waals surface area contributed by atoms with Crippen LogP contribution in [0.5, 0.6) is 0 Å². The molecule has 0 unspecified atom stereocenters. The highest BCUT2D eigenvalue weighted by atomic mass is 19.3. The normalized spacial score (nSPS) is 10.8. The highest BCUT2D eigenvalue weighted by molar-refractivity contribution is 5.72. The van der Waals surface area contributed by atoms with Crippen LogP contribution >= 0.6 is 0 Å². The Hall–Kier alpha value is -1.63. The Bertz CT molecular complexity index is 439. The first-order valence-corrected chi connectivity index (χ1v) is 5.31. The van der Waals surface area contributed by atoms with E-state index >= 15 is 0 Å². The van der Waals surface area contributed by atoms with Crippen molar-refractivity contribution in [2.75, 3.05) is 6.61 Å². The maximum atomic E-state index is 13.5. The van der Waals surface area contributed by atoms with Crippen molar-refractivity contribution < 1.29 is 22.7 Å². The second-order valence-electron chi connectivity index (χ2n) is 3.44. The van der Waals surface area contributed by atoms with Gasteiger partial charge in [-0.05, 0) is 6.92 Å². The molecule has 0 aliphatic heterocycles. The predicted molar refractivity (Wildman–Crippen MR) is 57.4 cm³/mol. The van der Waals surface area contributed by atoms with Gasteiger partial charge in [-0.15, -0.1) is 0 Å². The number of alkyl halides is 2. The first-order chi connectivity index (χ1) is 8.49. The van der Waals surface area contributed by atoms with Crippen molar-refractivity contribution in [2.24, 2.45) is 5.73 Å². The lowest BCUT2D eigenvalue weighted by Gasteiger charge is -2.10. The lowest BCUT2D eigenvalue weighted by atomic mass is 10.1. The second kappa shape index (κ2) is 6.34. The maximum absolute atomic E-state index is 13.5. The molecular weight excluding hydrogens is 249 g/mol. The highest BCUT2D eigenvalue weighted by Gasteiger charge is 2.19. The van der Waals surface area contributed by atoms with Crippen LogP contribution in [0, 0.1) is 5.82 Å². The second-order valence-corrected chi connectivity index (χ2v) is 3.44. The van der Waals surface area contributed by atoms with Gasteiger partial charge in [-0.3, -0.25) is 9.78 Å². The van der Waals surface area contributed by atoms with Crippen molar-refractivity contribution in [3.05, 3.63) is 28.8 Å². The molecule has 100 valence electrons. The van der Waals surface area contributed by atoms with Crippen molar-refractivity contribution in [3.63, 3.8) is 0 Å². The van der Waals surface area contributed by atoms with Gasteiger partial charge in [0, 0.05) is 18.2 Å². The smallest absolute Gasteiger partial charge is 0.311 e. The molecule has 1 rings (SSSR count). The standard InChI is InChI=1S/C11H13F3N2O2/c1-2-18-10(17)4-8-6(5-15)7(12)3-9(16-8)11(13)14/h3,11H,2,4-5,15H2,1H3. The van der Waals surface area contributed by atoms with Crippen LogP contribution < -0.4 is 5.73 Å². The van der Waals surface area contributed by atoms with Gasteiger partial charge in [0.2, 0.25) is 0 Å². The van der Waals surface area contributed by atoms with E-state index in [1.165, 1.54) is 0 Å². The van der Waals surface area contributed by atoms with Crippen molar-refractivity contribution >= 4 is 5.97 Å². The zero-order valence-corrected chi connectivity index (χ0v) is 9.75. The molecule has 4 nitrogen and oxygen atoms in total. The number of halogens is 3. The number of carbonyl (C=O) groups excluding carboxylic acids is 1. The number of aromatic nitrogens is 1. The van der Waals surface area contributed by atoms with Crippen molar-refractivity contribution in [1.29, 1.82) is 0 Å². The van der Waals surface area contributed by atoms with E-state index < -0.39 is 23.9 Å². The minimum absolute atomic E-state index is 0.0487. The minimum Gasteiger partial charge on any atom is -0.466 e. The van der Waals surface area contributed by atoms with Crippen LogP contribution in [-0.2, 0) is 22.5 Å². The van der Waals surface area contributed by atoms with E-state index in [1.807, 2.05) is 0 Å². The molecule has 1 aromatic heterocycles. The van der Waals surface area contributed by atoms with Crippen LogP contribution in [0.4, 0.5) is 13.2 Å². The van der Waals surface area contributed by atoms with Crippen molar-refractivity contribution in [2.45, 2.75) is 26.3 Å². The molecule has 0 spiro atoms. The minimum atomic E-state index is -2.91. The van der Waals surface area contributed by atoms with Gasteiger partial charge in [-0.25, -0.2) is 13.2 Å². The zero-order chi connectivity index (χ0) is 13.7. The number of hydrogen-bond donors (Lipinski definition) is 1. The number of pyridine rings is 1. The Labute approximate surface area is 102 Å². The van der Waals surface area contributed by atoms with Crippen LogP contribution in [-0.4, -0.2) is 17.6 Å². The molecular formula is C11H13F3N2O2. The number of carbonyl (C=O) groups is 1. The van der Waals surface area contributed by atoms with Crippen LogP contribution in [0.25, 0.3) is 0 Å². The van der Waals surface area contributed by atoms with Gasteiger partial charge >= 0.3 is 5.97 Å². The van der Waals surface area contributed by atoms with Crippen molar-refractivity contribution in [3.8, 4) is 0 Å². The molecule has 0 bridgehead atoms. The molecule has 18 heavy (non-hydrogen) atoms. The summed E-state index contributed by atoms with van der Waals surface area (Å²) in [5.74, 6) is -1.55. The van der Waals surface area contributed by atoms with Gasteiger partial charge in [0.1, 0.15) is 11.5 Å². The van der Waals surface area contributed by atoms with Crippen LogP contribution in [0.15, 0.2) is 6.07 Å². The average molecular weight is 262 g/mol. The molecule has 7 heteroatoms. The third-order valence-corrected chi connectivity index (χ3v) is 2.22. The van der Waals surface area contributed by atoms with E-state index in [0.717, 1.165) is 0 Å². The Morgan fingerprint density at radius 1 is 1.56 bits per heavy atom. The third-order valence-electron chi connectivity index (χ3n) is 2.22. The largest absolute Gasteiger partial charge is 0.466 e. The summed E-state index contributed by atoms with van der Waals surface area (Å²) < 4.78 is 43.1. The summed E-state index contributed by atoms with van der Waals surface area (Å²) in [6.45, 7) is 1.52. The molecule has 0 amide bonds. The zero-order valence-electron chi connectivity index (χ0n) is 9.75. The molecule has 0 radical (unpaired) electrons. The number of rotatable bonds is 5. The average Bonchev–Trinajstić information content (AvgIpc) is 2.28. The topological polar surface area (TPSA) is 65.2 Å². The molecule has 0 aliphatic carbocycles. The SMILES string of the molecule is CCOC(=O)Cc1nc(C(F)F)cc(F)c1CN. The van der Waals surface area contributed by atoms with E-state index in [2.05, 4.69) is 9.72 Å². The summed E-state index contributed by atoms with van der Waals surface area (Å²) in [5.41, 5.74) is 4.44. The van der Waals surface area contributed by atoms with Gasteiger partial charge in [0.05, 0.1) is 18.7 Å². The maximum Gasteiger partial charge on any atom is 0.311 e. The molecule has 0 saturated carbocycles. The van der Waals surface area contributed by atoms with Gasteiger partial charge in [0.15, 0.2) is 0 Å². The van der Waals surface area contributed by atoms with Gasteiger partial charge < -0.3 is 10.5 Å². The number of nitrogens with two attached hydrogens (primary N) is 1. The summed E-state index contributed by atoms with van der Waals surface area (Å²) in [5, 5.41) is 0. The summed E-state index contributed by atoms with van der Waals surface area (Å²) in [4.78, 5) is 14.8. The Morgan fingerprint density at radius 2 is 2.22 bits per heavy atom. The summed E-state index contributed by atoms with van der Waals surface area (Å²) >= 11 is 0. The molecule has 1 aromatic rings. The number of nitrogens with zero attached hydrogens (tertiary/aromatic N) is 1. The predicted octanol–water partition coefficient (Wildman–Crippen LogP) is 1.72. The van der Waals surface area contributed by atoms with Crippen LogP contribution in [0.3, 0.4) is 0 Å². The molecule has 0 atom stereocenters. The van der Waals surface area contributed by atoms with E-state index in [1.54, 1.807) is 6.92 Å². The lowest BCUT2D eigenvalue weighted by Crippen LogP contribution is -2.15. The summed E-state index contributed by atoms with van der Waals surface area (Å²) in [6.07, 6.45) is -3.29. The monoisotopic (exact) mass is 262 g/mol. The summed E-state index contributed by atoms with van der Waals surface area (Å²) in [7, 11) is 0. The van der Waals surface area contributed by atoms with Gasteiger partial charge in [0.25, 0.3) is 6.43 Å². The first-order valence-electron chi connectivity index (χ1n) is 5.31. The number of esters is 1. The van der Waals surface area contributed by atoms with E-state index in [-0.39, 0.29) is 30.8 Å². The van der Waals surface area contributed by atoms with Crippen molar-refractivity contribution in [1.82, 2.24) is 4.98 Å². The van der Waals surface area contributed by atoms with Gasteiger partial charge in [-0.1, -0.05) is 0 Å². The highest BCUT2D eigenvalue weighted by Crippen LogP contribution is 2.21. The molecule has 2 N–H and O–H groups in total. The van der Waals surface area contributed by atoms with Gasteiger partial charge in [-0.2, -0.15) is 0 Å². The molecule has 0 saturated heterocycles.